The normalized spacial score (nSPS) is 18.4. The Balaban J connectivity index is 1.94. The molecule has 1 saturated heterocycles. The minimum Gasteiger partial charge on any atom is -0.481 e. The summed E-state index contributed by atoms with van der Waals surface area (Å²) in [6.45, 7) is 1.40. The SMILES string of the molecule is O=C(O)CCCC1(c2ccc[nH]2)COC1. The Kier molecular flexibility index (Phi) is 2.77. The quantitative estimate of drug-likeness (QED) is 0.773. The van der Waals surface area contributed by atoms with Gasteiger partial charge in [-0.2, -0.15) is 0 Å². The number of aromatic amines is 1. The van der Waals surface area contributed by atoms with Crippen LogP contribution in [0.25, 0.3) is 0 Å². The van der Waals surface area contributed by atoms with Gasteiger partial charge in [0.1, 0.15) is 0 Å². The summed E-state index contributed by atoms with van der Waals surface area (Å²) in [7, 11) is 0. The van der Waals surface area contributed by atoms with Crippen molar-refractivity contribution >= 4 is 5.97 Å². The molecule has 0 bridgehead atoms. The maximum Gasteiger partial charge on any atom is 0.303 e. The van der Waals surface area contributed by atoms with Crippen molar-refractivity contribution in [3.8, 4) is 0 Å². The summed E-state index contributed by atoms with van der Waals surface area (Å²) in [5.41, 5.74) is 1.21. The molecule has 1 aliphatic rings. The van der Waals surface area contributed by atoms with Crippen LogP contribution in [0.4, 0.5) is 0 Å². The highest BCUT2D eigenvalue weighted by atomic mass is 16.5. The molecule has 0 spiro atoms. The molecule has 0 amide bonds. The summed E-state index contributed by atoms with van der Waals surface area (Å²) in [5, 5.41) is 8.59. The molecular formula is C11H15NO3. The number of hydrogen-bond donors (Lipinski definition) is 2. The number of aliphatic carboxylic acids is 1. The molecule has 4 nitrogen and oxygen atoms in total. The second kappa shape index (κ2) is 4.06. The molecule has 0 saturated carbocycles. The Morgan fingerprint density at radius 3 is 2.87 bits per heavy atom. The summed E-state index contributed by atoms with van der Waals surface area (Å²) in [6, 6.07) is 4.01. The monoisotopic (exact) mass is 209 g/mol. The van der Waals surface area contributed by atoms with Crippen molar-refractivity contribution in [2.75, 3.05) is 13.2 Å². The van der Waals surface area contributed by atoms with Crippen molar-refractivity contribution in [3.05, 3.63) is 24.0 Å². The molecule has 2 heterocycles. The number of carboxylic acid groups (broad SMARTS) is 1. The van der Waals surface area contributed by atoms with E-state index in [9.17, 15) is 4.79 Å². The lowest BCUT2D eigenvalue weighted by atomic mass is 9.78. The van der Waals surface area contributed by atoms with E-state index in [-0.39, 0.29) is 11.8 Å². The topological polar surface area (TPSA) is 62.3 Å². The van der Waals surface area contributed by atoms with Crippen molar-refractivity contribution in [3.63, 3.8) is 0 Å². The van der Waals surface area contributed by atoms with Gasteiger partial charge in [0.25, 0.3) is 0 Å². The smallest absolute Gasteiger partial charge is 0.303 e. The van der Waals surface area contributed by atoms with Crippen LogP contribution >= 0.6 is 0 Å². The molecule has 2 N–H and O–H groups in total. The molecule has 1 aliphatic heterocycles. The summed E-state index contributed by atoms with van der Waals surface area (Å²) >= 11 is 0. The van der Waals surface area contributed by atoms with Crippen molar-refractivity contribution in [1.82, 2.24) is 4.98 Å². The first-order chi connectivity index (χ1) is 7.23. The zero-order chi connectivity index (χ0) is 10.7. The molecule has 1 aromatic heterocycles. The zero-order valence-electron chi connectivity index (χ0n) is 8.53. The summed E-state index contributed by atoms with van der Waals surface area (Å²) in [5.74, 6) is -0.725. The highest BCUT2D eigenvalue weighted by Gasteiger charge is 2.40. The van der Waals surface area contributed by atoms with Gasteiger partial charge in [0.2, 0.25) is 0 Å². The number of hydrogen-bond acceptors (Lipinski definition) is 2. The maximum absolute atomic E-state index is 10.4. The number of carbonyl (C=O) groups is 1. The Morgan fingerprint density at radius 2 is 2.40 bits per heavy atom. The highest BCUT2D eigenvalue weighted by molar-refractivity contribution is 5.66. The molecule has 82 valence electrons. The van der Waals surface area contributed by atoms with E-state index in [0.717, 1.165) is 6.42 Å². The molecule has 0 unspecified atom stereocenters. The van der Waals surface area contributed by atoms with Gasteiger partial charge in [-0.05, 0) is 25.0 Å². The lowest BCUT2D eigenvalue weighted by molar-refractivity contribution is -0.137. The van der Waals surface area contributed by atoms with Crippen LogP contribution in [0.15, 0.2) is 18.3 Å². The van der Waals surface area contributed by atoms with E-state index in [1.54, 1.807) is 0 Å². The third-order valence-electron chi connectivity index (χ3n) is 2.97. The van der Waals surface area contributed by atoms with Crippen LogP contribution in [0.2, 0.25) is 0 Å². The van der Waals surface area contributed by atoms with Gasteiger partial charge < -0.3 is 14.8 Å². The van der Waals surface area contributed by atoms with Crippen molar-refractivity contribution in [2.45, 2.75) is 24.7 Å². The Hall–Kier alpha value is -1.29. The fourth-order valence-corrected chi connectivity index (χ4v) is 2.02. The van der Waals surface area contributed by atoms with Gasteiger partial charge in [-0.15, -0.1) is 0 Å². The Morgan fingerprint density at radius 1 is 1.60 bits per heavy atom. The van der Waals surface area contributed by atoms with Crippen LogP contribution in [0.5, 0.6) is 0 Å². The fraction of sp³-hybridized carbons (Fsp3) is 0.545. The van der Waals surface area contributed by atoms with Gasteiger partial charge in [0, 0.05) is 18.3 Å². The molecule has 15 heavy (non-hydrogen) atoms. The second-order valence-corrected chi connectivity index (χ2v) is 4.10. The molecule has 0 aromatic carbocycles. The van der Waals surface area contributed by atoms with Crippen molar-refractivity contribution < 1.29 is 14.6 Å². The average molecular weight is 209 g/mol. The van der Waals surface area contributed by atoms with Gasteiger partial charge in [0.05, 0.1) is 18.6 Å². The zero-order valence-corrected chi connectivity index (χ0v) is 8.53. The van der Waals surface area contributed by atoms with E-state index in [0.29, 0.717) is 19.6 Å². The van der Waals surface area contributed by atoms with E-state index in [2.05, 4.69) is 4.98 Å². The van der Waals surface area contributed by atoms with Crippen LogP contribution in [0.1, 0.15) is 25.0 Å². The number of ether oxygens (including phenoxy) is 1. The van der Waals surface area contributed by atoms with E-state index < -0.39 is 5.97 Å². The van der Waals surface area contributed by atoms with Gasteiger partial charge in [0.15, 0.2) is 0 Å². The lowest BCUT2D eigenvalue weighted by Crippen LogP contribution is -2.47. The first kappa shape index (κ1) is 10.2. The molecule has 4 heteroatoms. The highest BCUT2D eigenvalue weighted by Crippen LogP contribution is 2.36. The fourth-order valence-electron chi connectivity index (χ4n) is 2.02. The van der Waals surface area contributed by atoms with E-state index in [1.807, 2.05) is 18.3 Å². The third kappa shape index (κ3) is 2.04. The van der Waals surface area contributed by atoms with Gasteiger partial charge in [-0.25, -0.2) is 0 Å². The van der Waals surface area contributed by atoms with Crippen molar-refractivity contribution in [1.29, 1.82) is 0 Å². The predicted molar refractivity (Wildman–Crippen MR) is 54.8 cm³/mol. The standard InChI is InChI=1S/C11H15NO3/c13-10(14)4-1-5-11(7-15-8-11)9-3-2-6-12-9/h2-3,6,12H,1,4-5,7-8H2,(H,13,14). The summed E-state index contributed by atoms with van der Waals surface area (Å²) in [6.07, 6.45) is 3.71. The number of aromatic nitrogens is 1. The van der Waals surface area contributed by atoms with E-state index >= 15 is 0 Å². The average Bonchev–Trinajstić information content (AvgIpc) is 2.62. The number of carboxylic acids is 1. The maximum atomic E-state index is 10.4. The molecule has 0 aliphatic carbocycles. The van der Waals surface area contributed by atoms with Gasteiger partial charge in [-0.1, -0.05) is 0 Å². The minimum atomic E-state index is -0.725. The Labute approximate surface area is 88.3 Å². The van der Waals surface area contributed by atoms with Crippen LogP contribution in [-0.4, -0.2) is 29.3 Å². The Bertz CT molecular complexity index is 328. The predicted octanol–water partition coefficient (Wildman–Crippen LogP) is 1.54. The second-order valence-electron chi connectivity index (χ2n) is 4.10. The number of nitrogens with one attached hydrogen (secondary N) is 1. The third-order valence-corrected chi connectivity index (χ3v) is 2.97. The van der Waals surface area contributed by atoms with Crippen LogP contribution in [0.3, 0.4) is 0 Å². The summed E-state index contributed by atoms with van der Waals surface area (Å²) in [4.78, 5) is 13.6. The van der Waals surface area contributed by atoms with Crippen LogP contribution in [-0.2, 0) is 14.9 Å². The van der Waals surface area contributed by atoms with Gasteiger partial charge in [-0.3, -0.25) is 4.79 Å². The molecule has 2 rings (SSSR count). The minimum absolute atomic E-state index is 0.0406. The molecule has 1 aromatic rings. The molecule has 1 fully saturated rings. The number of rotatable bonds is 5. The largest absolute Gasteiger partial charge is 0.481 e. The van der Waals surface area contributed by atoms with Gasteiger partial charge >= 0.3 is 5.97 Å². The number of H-pyrrole nitrogens is 1. The summed E-state index contributed by atoms with van der Waals surface area (Å²) < 4.78 is 5.25. The molecule has 0 atom stereocenters. The lowest BCUT2D eigenvalue weighted by Gasteiger charge is -2.41. The van der Waals surface area contributed by atoms with E-state index in [1.165, 1.54) is 5.69 Å². The first-order valence-corrected chi connectivity index (χ1v) is 5.16. The molecular weight excluding hydrogens is 194 g/mol. The van der Waals surface area contributed by atoms with Crippen LogP contribution in [0, 0.1) is 0 Å². The first-order valence-electron chi connectivity index (χ1n) is 5.16. The van der Waals surface area contributed by atoms with Crippen molar-refractivity contribution in [2.24, 2.45) is 0 Å². The van der Waals surface area contributed by atoms with Crippen LogP contribution < -0.4 is 0 Å². The molecule has 0 radical (unpaired) electrons. The van der Waals surface area contributed by atoms with E-state index in [4.69, 9.17) is 9.84 Å².